The van der Waals surface area contributed by atoms with Gasteiger partial charge in [-0.25, -0.2) is 4.57 Å². The van der Waals surface area contributed by atoms with E-state index in [9.17, 15) is 0 Å². The quantitative estimate of drug-likeness (QED) is 0.310. The molecule has 0 atom stereocenters. The van der Waals surface area contributed by atoms with E-state index in [1.165, 1.54) is 0 Å². The second-order valence-electron chi connectivity index (χ2n) is 0.513. The molecule has 0 fully saturated rings. The van der Waals surface area contributed by atoms with Crippen LogP contribution >= 0.6 is 7.82 Å². The summed E-state index contributed by atoms with van der Waals surface area (Å²) < 4.78 is 16.0. The van der Waals surface area contributed by atoms with Crippen LogP contribution in [0.4, 0.5) is 0 Å². The molecular formula is H4O5PPb. The zero-order valence-corrected chi connectivity index (χ0v) is 7.93. The first kappa shape index (κ1) is 10.9. The Balaban J connectivity index is 0. The second-order valence-corrected chi connectivity index (χ2v) is 1.54. The SMILES string of the molecule is O=P(O)(O)O.[OH][Pb]. The average molecular weight is 322 g/mol. The van der Waals surface area contributed by atoms with Gasteiger partial charge in [0.25, 0.3) is 0 Å². The van der Waals surface area contributed by atoms with Gasteiger partial charge in [0.1, 0.15) is 0 Å². The molecule has 0 spiro atoms. The minimum atomic E-state index is -4.64. The summed E-state index contributed by atoms with van der Waals surface area (Å²) in [5.41, 5.74) is 0. The molecule has 7 heteroatoms. The molecule has 0 aliphatic carbocycles. The zero-order chi connectivity index (χ0) is 6.50. The molecule has 5 nitrogen and oxygen atoms in total. The molecule has 0 amide bonds. The normalized spacial score (nSPS) is 9.29. The topological polar surface area (TPSA) is 98.0 Å². The molecule has 0 aliphatic heterocycles. The monoisotopic (exact) mass is 323 g/mol. The van der Waals surface area contributed by atoms with Crippen molar-refractivity contribution in [3.8, 4) is 0 Å². The van der Waals surface area contributed by atoms with E-state index in [2.05, 4.69) is 0 Å². The Bertz CT molecular complexity index is 54.2. The first-order chi connectivity index (χ1) is 3.00. The summed E-state index contributed by atoms with van der Waals surface area (Å²) in [7, 11) is -4.64. The van der Waals surface area contributed by atoms with Gasteiger partial charge in [0.05, 0.1) is 0 Å². The molecule has 43 valence electrons. The van der Waals surface area contributed by atoms with Gasteiger partial charge in [-0.1, -0.05) is 0 Å². The van der Waals surface area contributed by atoms with Gasteiger partial charge in [-0.15, -0.1) is 0 Å². The molecule has 3 radical (unpaired) electrons. The third-order valence-corrected chi connectivity index (χ3v) is 0. The fraction of sp³-hybridized carbons (Fsp3) is 0. The Kier molecular flexibility index (Phi) is 7.98. The maximum absolute atomic E-state index is 8.88. The summed E-state index contributed by atoms with van der Waals surface area (Å²) in [5.74, 6) is 0. The Morgan fingerprint density at radius 1 is 1.14 bits per heavy atom. The van der Waals surface area contributed by atoms with E-state index in [0.717, 1.165) is 0 Å². The van der Waals surface area contributed by atoms with Crippen molar-refractivity contribution in [2.75, 3.05) is 0 Å². The molecule has 0 saturated heterocycles. The van der Waals surface area contributed by atoms with Gasteiger partial charge in [-0.05, 0) is 0 Å². The summed E-state index contributed by atoms with van der Waals surface area (Å²) in [6.07, 6.45) is 0. The van der Waals surface area contributed by atoms with Gasteiger partial charge >= 0.3 is 37.1 Å². The fourth-order valence-electron chi connectivity index (χ4n) is 0. The van der Waals surface area contributed by atoms with Gasteiger partial charge < -0.3 is 14.7 Å². The summed E-state index contributed by atoms with van der Waals surface area (Å²) in [4.78, 5) is 21.6. The van der Waals surface area contributed by atoms with Gasteiger partial charge in [0.2, 0.25) is 0 Å². The molecule has 7 heavy (non-hydrogen) atoms. The van der Waals surface area contributed by atoms with E-state index < -0.39 is 7.82 Å². The Morgan fingerprint density at radius 3 is 1.14 bits per heavy atom. The summed E-state index contributed by atoms with van der Waals surface area (Å²) in [6, 6.07) is 0. The van der Waals surface area contributed by atoms with Gasteiger partial charge in [-0.3, -0.25) is 0 Å². The molecule has 0 heterocycles. The van der Waals surface area contributed by atoms with Crippen LogP contribution in [0.25, 0.3) is 0 Å². The predicted molar refractivity (Wildman–Crippen MR) is 22.2 cm³/mol. The number of phosphoric acid groups is 1. The van der Waals surface area contributed by atoms with Crippen molar-refractivity contribution < 1.29 is 22.3 Å². The van der Waals surface area contributed by atoms with Crippen LogP contribution in [-0.2, 0) is 4.57 Å². The predicted octanol–water partition coefficient (Wildman–Crippen LogP) is -1.87. The standard InChI is InChI=1S/H3O4P.H2O.Pb/c1-5(2,3)4;;/h(H3,1,2,3,4);1H2;/q;;+1/p-1. The van der Waals surface area contributed by atoms with Crippen LogP contribution in [0.3, 0.4) is 0 Å². The first-order valence-corrected chi connectivity index (χ1v) is 4.31. The van der Waals surface area contributed by atoms with Gasteiger partial charge in [-0.2, -0.15) is 0 Å². The van der Waals surface area contributed by atoms with Crippen molar-refractivity contribution in [3.05, 3.63) is 0 Å². The third kappa shape index (κ3) is 177. The first-order valence-electron chi connectivity index (χ1n) is 1.01. The number of hydrogen-bond acceptors (Lipinski definition) is 2. The second kappa shape index (κ2) is 5.14. The molecular weight excluding hydrogens is 318 g/mol. The van der Waals surface area contributed by atoms with Crippen LogP contribution in [-0.4, -0.2) is 44.0 Å². The van der Waals surface area contributed by atoms with E-state index in [-0.39, 0.29) is 0 Å². The zero-order valence-electron chi connectivity index (χ0n) is 3.14. The summed E-state index contributed by atoms with van der Waals surface area (Å²) >= 11 is 0.306. The average Bonchev–Trinajstić information content (AvgIpc) is 1.36. The minimum absolute atomic E-state index is 0.306. The van der Waals surface area contributed by atoms with Crippen LogP contribution in [0, 0.1) is 0 Å². The molecule has 0 rings (SSSR count). The Labute approximate surface area is 56.6 Å². The van der Waals surface area contributed by atoms with Crippen molar-refractivity contribution in [3.63, 3.8) is 0 Å². The van der Waals surface area contributed by atoms with Crippen molar-refractivity contribution in [1.29, 1.82) is 0 Å². The molecule has 0 aromatic rings. The van der Waals surface area contributed by atoms with Crippen molar-refractivity contribution >= 4 is 34.0 Å². The molecule has 0 unspecified atom stereocenters. The van der Waals surface area contributed by atoms with Gasteiger partial charge in [0.15, 0.2) is 0 Å². The fourth-order valence-corrected chi connectivity index (χ4v) is 0. The van der Waals surface area contributed by atoms with E-state index in [4.69, 9.17) is 22.3 Å². The van der Waals surface area contributed by atoms with E-state index in [1.54, 1.807) is 0 Å². The molecule has 0 aliphatic rings. The van der Waals surface area contributed by atoms with Crippen LogP contribution in [0.5, 0.6) is 0 Å². The Morgan fingerprint density at radius 2 is 1.14 bits per heavy atom. The molecule has 4 N–H and O–H groups in total. The van der Waals surface area contributed by atoms with Gasteiger partial charge in [0, 0.05) is 0 Å². The number of rotatable bonds is 0. The molecule has 0 bridgehead atoms. The third-order valence-electron chi connectivity index (χ3n) is 0. The van der Waals surface area contributed by atoms with Crippen molar-refractivity contribution in [1.82, 2.24) is 0 Å². The van der Waals surface area contributed by atoms with Crippen LogP contribution in [0.15, 0.2) is 0 Å². The maximum atomic E-state index is 8.88. The van der Waals surface area contributed by atoms with E-state index in [1.807, 2.05) is 0 Å². The molecule has 0 saturated carbocycles. The Hall–Kier alpha value is 0.992. The van der Waals surface area contributed by atoms with E-state index >= 15 is 0 Å². The van der Waals surface area contributed by atoms with E-state index in [0.29, 0.717) is 26.2 Å². The number of hydrogen-bond donors (Lipinski definition) is 4. The van der Waals surface area contributed by atoms with Crippen LogP contribution < -0.4 is 0 Å². The van der Waals surface area contributed by atoms with Crippen molar-refractivity contribution in [2.24, 2.45) is 0 Å². The summed E-state index contributed by atoms with van der Waals surface area (Å²) in [6.45, 7) is 0. The van der Waals surface area contributed by atoms with Crippen LogP contribution in [0.1, 0.15) is 0 Å². The molecule has 0 aromatic heterocycles. The van der Waals surface area contributed by atoms with Crippen molar-refractivity contribution in [2.45, 2.75) is 0 Å². The molecule has 0 aromatic carbocycles. The van der Waals surface area contributed by atoms with Crippen LogP contribution in [0.2, 0.25) is 0 Å². The summed E-state index contributed by atoms with van der Waals surface area (Å²) in [5, 5.41) is 0.